The number of amides is 1. The molecule has 0 aliphatic rings. The van der Waals surface area contributed by atoms with Crippen molar-refractivity contribution in [2.45, 2.75) is 13.3 Å². The number of halogens is 2. The number of aromatic nitrogens is 3. The van der Waals surface area contributed by atoms with E-state index in [1.807, 2.05) is 27.1 Å². The number of aryl methyl sites for hydroxylation is 1. The minimum Gasteiger partial charge on any atom is -0.494 e. The molecule has 4 aromatic rings. The van der Waals surface area contributed by atoms with Crippen LogP contribution in [0.2, 0.25) is 0 Å². The molecule has 2 aromatic heterocycles. The molecule has 0 atom stereocenters. The normalized spacial score (nSPS) is 11.6. The molecule has 2 heterocycles. The van der Waals surface area contributed by atoms with Crippen LogP contribution in [0.4, 0.5) is 20.3 Å². The smallest absolute Gasteiger partial charge is 0.251 e. The quantitative estimate of drug-likeness (QED) is 0.153. The van der Waals surface area contributed by atoms with E-state index in [9.17, 15) is 13.6 Å². The first-order valence-electron chi connectivity index (χ1n) is 13.7. The first-order chi connectivity index (χ1) is 20.2. The molecular weight excluding hydrogens is 546 g/mol. The van der Waals surface area contributed by atoms with Gasteiger partial charge in [0.1, 0.15) is 13.1 Å². The Morgan fingerprint density at radius 3 is 2.64 bits per heavy atom. The largest absolute Gasteiger partial charge is 0.494 e. The van der Waals surface area contributed by atoms with Crippen molar-refractivity contribution in [1.82, 2.24) is 19.7 Å². The van der Waals surface area contributed by atoms with Crippen molar-refractivity contribution in [3.8, 4) is 17.0 Å². The van der Waals surface area contributed by atoms with Crippen LogP contribution in [0.5, 0.6) is 5.75 Å². The van der Waals surface area contributed by atoms with E-state index in [1.165, 1.54) is 31.6 Å². The zero-order valence-electron chi connectivity index (χ0n) is 24.3. The summed E-state index contributed by atoms with van der Waals surface area (Å²) < 4.78 is 42.0. The number of methoxy groups -OCH3 is 1. The van der Waals surface area contributed by atoms with Crippen LogP contribution in [0.25, 0.3) is 16.9 Å². The van der Waals surface area contributed by atoms with Crippen LogP contribution in [-0.2, 0) is 11.2 Å². The van der Waals surface area contributed by atoms with Gasteiger partial charge in [-0.3, -0.25) is 9.20 Å². The number of aliphatic hydroxyl groups excluding tert-OH is 1. The Hall–Kier alpha value is -4.13. The van der Waals surface area contributed by atoms with Gasteiger partial charge in [-0.1, -0.05) is 6.92 Å². The fourth-order valence-corrected chi connectivity index (χ4v) is 4.54. The van der Waals surface area contributed by atoms with Gasteiger partial charge in [-0.25, -0.2) is 14.4 Å². The first kappa shape index (κ1) is 30.8. The van der Waals surface area contributed by atoms with Gasteiger partial charge in [0.2, 0.25) is 5.82 Å². The third kappa shape index (κ3) is 7.01. The third-order valence-corrected chi connectivity index (χ3v) is 7.04. The van der Waals surface area contributed by atoms with Crippen molar-refractivity contribution in [2.75, 3.05) is 66.0 Å². The summed E-state index contributed by atoms with van der Waals surface area (Å²) in [5.41, 5.74) is 2.91. The number of fused-ring (bicyclic) bond motifs is 1. The zero-order valence-corrected chi connectivity index (χ0v) is 24.3. The summed E-state index contributed by atoms with van der Waals surface area (Å²) in [6, 6.07) is 8.21. The van der Waals surface area contributed by atoms with Crippen molar-refractivity contribution in [3.05, 3.63) is 71.7 Å². The van der Waals surface area contributed by atoms with E-state index in [0.717, 1.165) is 12.1 Å². The Labute approximate surface area is 243 Å². The maximum Gasteiger partial charge on any atom is 0.251 e. The molecule has 4 rings (SSSR count). The lowest BCUT2D eigenvalue weighted by molar-refractivity contribution is -0.891. The van der Waals surface area contributed by atoms with Crippen LogP contribution in [0, 0.1) is 11.6 Å². The number of rotatable bonds is 14. The summed E-state index contributed by atoms with van der Waals surface area (Å²) in [4.78, 5) is 21.7. The molecular formula is C30H37F2N6O4+. The van der Waals surface area contributed by atoms with Crippen LogP contribution in [0.3, 0.4) is 0 Å². The number of carbonyl (C=O) groups is 1. The molecule has 224 valence electrons. The lowest BCUT2D eigenvalue weighted by Crippen LogP contribution is -2.44. The van der Waals surface area contributed by atoms with Crippen LogP contribution < -0.4 is 15.4 Å². The predicted molar refractivity (Wildman–Crippen MR) is 156 cm³/mol. The molecule has 10 nitrogen and oxygen atoms in total. The fraction of sp³-hybridized carbons (Fsp3) is 0.367. The maximum absolute atomic E-state index is 14.8. The molecule has 0 bridgehead atoms. The van der Waals surface area contributed by atoms with Gasteiger partial charge < -0.3 is 29.7 Å². The Kier molecular flexibility index (Phi) is 10.0. The lowest BCUT2D eigenvalue weighted by atomic mass is 10.0. The number of anilines is 2. The van der Waals surface area contributed by atoms with Gasteiger partial charge in [-0.2, -0.15) is 4.39 Å². The van der Waals surface area contributed by atoms with Crippen molar-refractivity contribution >= 4 is 23.1 Å². The molecule has 2 aromatic carbocycles. The van der Waals surface area contributed by atoms with Gasteiger partial charge >= 0.3 is 0 Å². The van der Waals surface area contributed by atoms with Crippen LogP contribution in [-0.4, -0.2) is 90.5 Å². The van der Waals surface area contributed by atoms with E-state index in [0.29, 0.717) is 65.6 Å². The molecule has 12 heteroatoms. The number of likely N-dealkylation sites (N-methyl/N-ethyl adjacent to an activating group) is 1. The summed E-state index contributed by atoms with van der Waals surface area (Å²) in [5.74, 6) is -2.06. The number of nitrogens with one attached hydrogen (secondary N) is 2. The Morgan fingerprint density at radius 1 is 1.10 bits per heavy atom. The minimum absolute atomic E-state index is 0.0386. The zero-order chi connectivity index (χ0) is 30.3. The molecule has 0 unspecified atom stereocenters. The number of carbonyl (C=O) groups excluding carboxylic acids is 1. The number of ether oxygens (including phenoxy) is 2. The molecule has 42 heavy (non-hydrogen) atoms. The van der Waals surface area contributed by atoms with Crippen LogP contribution >= 0.6 is 0 Å². The average molecular weight is 584 g/mol. The SMILES string of the molecule is CCc1cc(Nc2nccn3c(-c4ccc(OC)c(F)c4F)cnc23)ccc1C(=O)NCCOCC[N+](C)(C)CCO. The highest BCUT2D eigenvalue weighted by atomic mass is 19.2. The Bertz CT molecular complexity index is 1540. The maximum atomic E-state index is 14.8. The topological polar surface area (TPSA) is 110 Å². The number of quaternary nitrogens is 1. The van der Waals surface area contributed by atoms with Gasteiger partial charge in [0.05, 0.1) is 52.9 Å². The van der Waals surface area contributed by atoms with Crippen molar-refractivity contribution in [2.24, 2.45) is 0 Å². The summed E-state index contributed by atoms with van der Waals surface area (Å²) >= 11 is 0. The van der Waals surface area contributed by atoms with E-state index in [1.54, 1.807) is 22.7 Å². The fourth-order valence-electron chi connectivity index (χ4n) is 4.54. The van der Waals surface area contributed by atoms with Gasteiger partial charge in [-0.05, 0) is 42.3 Å². The minimum atomic E-state index is -1.07. The molecule has 0 aliphatic carbocycles. The van der Waals surface area contributed by atoms with Crippen molar-refractivity contribution in [1.29, 1.82) is 0 Å². The van der Waals surface area contributed by atoms with E-state index in [2.05, 4.69) is 20.6 Å². The molecule has 0 aliphatic heterocycles. The standard InChI is InChI=1S/C30H36F2N6O4/c1-5-20-18-21(6-7-22(20)30(40)34-11-16-42-17-14-38(2,3)13-15-39)36-28-29-35-19-24(37(29)12-10-33-28)23-8-9-25(41-4)27(32)26(23)31/h6-10,12,18-19,39H,5,11,13-17H2,1-4H3,(H-,33,34,36,40)/p+1. The highest BCUT2D eigenvalue weighted by molar-refractivity contribution is 5.96. The molecule has 0 radical (unpaired) electrons. The Balaban J connectivity index is 1.43. The molecule has 0 spiro atoms. The predicted octanol–water partition coefficient (Wildman–Crippen LogP) is 3.80. The summed E-state index contributed by atoms with van der Waals surface area (Å²) in [6.07, 6.45) is 5.24. The van der Waals surface area contributed by atoms with Gasteiger partial charge in [0, 0.05) is 35.8 Å². The second-order valence-corrected chi connectivity index (χ2v) is 10.4. The van der Waals surface area contributed by atoms with Crippen molar-refractivity contribution in [3.63, 3.8) is 0 Å². The molecule has 3 N–H and O–H groups in total. The number of aliphatic hydroxyl groups is 1. The van der Waals surface area contributed by atoms with E-state index >= 15 is 0 Å². The highest BCUT2D eigenvalue weighted by Gasteiger charge is 2.20. The second-order valence-electron chi connectivity index (χ2n) is 10.4. The van der Waals surface area contributed by atoms with Gasteiger partial charge in [-0.15, -0.1) is 0 Å². The molecule has 0 saturated heterocycles. The van der Waals surface area contributed by atoms with Gasteiger partial charge in [0.25, 0.3) is 5.91 Å². The number of hydrogen-bond donors (Lipinski definition) is 3. The lowest BCUT2D eigenvalue weighted by Gasteiger charge is -2.28. The number of nitrogens with zero attached hydrogens (tertiary/aromatic N) is 4. The summed E-state index contributed by atoms with van der Waals surface area (Å²) in [5, 5.41) is 15.3. The molecule has 1 amide bonds. The van der Waals surface area contributed by atoms with Gasteiger partial charge in [0.15, 0.2) is 23.0 Å². The number of imidazole rings is 1. The highest BCUT2D eigenvalue weighted by Crippen LogP contribution is 2.31. The van der Waals surface area contributed by atoms with E-state index in [-0.39, 0.29) is 23.8 Å². The van der Waals surface area contributed by atoms with Crippen molar-refractivity contribution < 1.29 is 32.6 Å². The summed E-state index contributed by atoms with van der Waals surface area (Å²) in [7, 11) is 5.33. The number of benzene rings is 2. The first-order valence-corrected chi connectivity index (χ1v) is 13.7. The van der Waals surface area contributed by atoms with E-state index < -0.39 is 11.6 Å². The monoisotopic (exact) mass is 583 g/mol. The molecule has 0 fully saturated rings. The van der Waals surface area contributed by atoms with E-state index in [4.69, 9.17) is 14.6 Å². The summed E-state index contributed by atoms with van der Waals surface area (Å²) in [6.45, 7) is 4.82. The average Bonchev–Trinajstić information content (AvgIpc) is 3.41. The van der Waals surface area contributed by atoms with Crippen LogP contribution in [0.15, 0.2) is 48.9 Å². The Morgan fingerprint density at radius 2 is 1.90 bits per heavy atom. The van der Waals surface area contributed by atoms with Crippen LogP contribution in [0.1, 0.15) is 22.8 Å². The molecule has 0 saturated carbocycles. The second kappa shape index (κ2) is 13.7. The number of hydrogen-bond acceptors (Lipinski definition) is 7. The third-order valence-electron chi connectivity index (χ3n) is 7.04.